The molecule has 3 nitrogen and oxygen atoms in total. The minimum absolute atomic E-state index is 0.258. The molecule has 0 aliphatic carbocycles. The van der Waals surface area contributed by atoms with Crippen LogP contribution < -0.4 is 5.32 Å². The minimum atomic E-state index is -0.258. The number of benzene rings is 1. The number of halogens is 1. The van der Waals surface area contributed by atoms with Gasteiger partial charge in [-0.1, -0.05) is 22.9 Å². The first-order chi connectivity index (χ1) is 7.99. The zero-order valence-corrected chi connectivity index (χ0v) is 11.9. The molecule has 17 heavy (non-hydrogen) atoms. The second-order valence-electron chi connectivity index (χ2n) is 4.59. The molecule has 2 atom stereocenters. The molecule has 0 saturated carbocycles. The van der Waals surface area contributed by atoms with E-state index in [1.54, 1.807) is 13.0 Å². The summed E-state index contributed by atoms with van der Waals surface area (Å²) in [6.07, 6.45) is 0.531. The van der Waals surface area contributed by atoms with Gasteiger partial charge in [0.25, 0.3) is 0 Å². The third-order valence-corrected chi connectivity index (χ3v) is 3.09. The van der Waals surface area contributed by atoms with E-state index in [-0.39, 0.29) is 6.10 Å². The van der Waals surface area contributed by atoms with Crippen molar-refractivity contribution in [3.05, 3.63) is 28.2 Å². The first-order valence-electron chi connectivity index (χ1n) is 5.85. The molecule has 2 unspecified atom stereocenters. The summed E-state index contributed by atoms with van der Waals surface area (Å²) >= 11 is 3.38. The van der Waals surface area contributed by atoms with E-state index in [9.17, 15) is 10.2 Å². The molecule has 0 spiro atoms. The van der Waals surface area contributed by atoms with Crippen molar-refractivity contribution in [2.75, 3.05) is 6.54 Å². The fraction of sp³-hybridized carbons (Fsp3) is 0.538. The van der Waals surface area contributed by atoms with Gasteiger partial charge in [-0.15, -0.1) is 0 Å². The molecule has 96 valence electrons. The van der Waals surface area contributed by atoms with Crippen LogP contribution in [-0.2, 0) is 6.54 Å². The van der Waals surface area contributed by atoms with Crippen molar-refractivity contribution in [2.24, 2.45) is 5.92 Å². The zero-order valence-electron chi connectivity index (χ0n) is 10.3. The second-order valence-corrected chi connectivity index (χ2v) is 5.51. The van der Waals surface area contributed by atoms with Crippen molar-refractivity contribution < 1.29 is 10.2 Å². The topological polar surface area (TPSA) is 52.5 Å². The molecule has 4 heteroatoms. The summed E-state index contributed by atoms with van der Waals surface area (Å²) in [5, 5.41) is 22.2. The third-order valence-electron chi connectivity index (χ3n) is 2.59. The monoisotopic (exact) mass is 301 g/mol. The number of aromatic hydroxyl groups is 1. The summed E-state index contributed by atoms with van der Waals surface area (Å²) in [5.74, 6) is 0.730. The normalized spacial score (nSPS) is 14.6. The van der Waals surface area contributed by atoms with Crippen LogP contribution >= 0.6 is 15.9 Å². The third kappa shape index (κ3) is 5.52. The van der Waals surface area contributed by atoms with Crippen LogP contribution in [0, 0.1) is 5.92 Å². The van der Waals surface area contributed by atoms with Crippen molar-refractivity contribution in [1.82, 2.24) is 5.32 Å². The van der Waals surface area contributed by atoms with E-state index in [0.29, 0.717) is 18.2 Å². The predicted octanol–water partition coefficient (Wildman–Crippen LogP) is 2.65. The molecule has 1 rings (SSSR count). The lowest BCUT2D eigenvalue weighted by atomic mass is 10.0. The van der Waals surface area contributed by atoms with Crippen molar-refractivity contribution in [2.45, 2.75) is 32.9 Å². The molecule has 3 N–H and O–H groups in total. The Morgan fingerprint density at radius 3 is 2.71 bits per heavy atom. The summed E-state index contributed by atoms with van der Waals surface area (Å²) in [5.41, 5.74) is 0.878. The van der Waals surface area contributed by atoms with Crippen LogP contribution in [0.15, 0.2) is 22.7 Å². The van der Waals surface area contributed by atoms with Crippen molar-refractivity contribution in [3.63, 3.8) is 0 Å². The number of aliphatic hydroxyl groups excluding tert-OH is 1. The molecule has 0 fully saturated rings. The SMILES string of the molecule is CC(O)CC(C)CNCc1cc(Br)ccc1O. The molecule has 0 heterocycles. The Balaban J connectivity index is 2.38. The Kier molecular flexibility index (Phi) is 5.95. The van der Waals surface area contributed by atoms with E-state index in [4.69, 9.17) is 0 Å². The van der Waals surface area contributed by atoms with E-state index in [0.717, 1.165) is 23.0 Å². The number of hydrogen-bond donors (Lipinski definition) is 3. The Morgan fingerprint density at radius 1 is 1.35 bits per heavy atom. The zero-order chi connectivity index (χ0) is 12.8. The summed E-state index contributed by atoms with van der Waals surface area (Å²) in [6, 6.07) is 5.40. The minimum Gasteiger partial charge on any atom is -0.508 e. The first kappa shape index (κ1) is 14.5. The Bertz CT molecular complexity index is 355. The van der Waals surface area contributed by atoms with Gasteiger partial charge in [-0.25, -0.2) is 0 Å². The fourth-order valence-corrected chi connectivity index (χ4v) is 2.22. The van der Waals surface area contributed by atoms with E-state index in [1.807, 2.05) is 12.1 Å². The van der Waals surface area contributed by atoms with E-state index >= 15 is 0 Å². The Hall–Kier alpha value is -0.580. The standard InChI is InChI=1S/C13H20BrNO2/c1-9(5-10(2)16)7-15-8-11-6-12(14)3-4-13(11)17/h3-4,6,9-10,15-17H,5,7-8H2,1-2H3. The van der Waals surface area contributed by atoms with Crippen LogP contribution in [0.3, 0.4) is 0 Å². The van der Waals surface area contributed by atoms with E-state index in [2.05, 4.69) is 28.2 Å². The number of phenolic OH excluding ortho intramolecular Hbond substituents is 1. The summed E-state index contributed by atoms with van der Waals surface area (Å²) in [7, 11) is 0. The molecule has 0 radical (unpaired) electrons. The van der Waals surface area contributed by atoms with Gasteiger partial charge in [0.05, 0.1) is 6.10 Å². The maximum atomic E-state index is 9.64. The van der Waals surface area contributed by atoms with Gasteiger partial charge in [-0.3, -0.25) is 0 Å². The van der Waals surface area contributed by atoms with Gasteiger partial charge < -0.3 is 15.5 Å². The average molecular weight is 302 g/mol. The second kappa shape index (κ2) is 6.99. The molecule has 0 amide bonds. The molecule has 0 aliphatic rings. The number of phenols is 1. The molecule has 1 aromatic rings. The van der Waals surface area contributed by atoms with Crippen molar-refractivity contribution in [3.8, 4) is 5.75 Å². The van der Waals surface area contributed by atoms with Gasteiger partial charge >= 0.3 is 0 Å². The molecule has 1 aromatic carbocycles. The maximum Gasteiger partial charge on any atom is 0.120 e. The number of aliphatic hydroxyl groups is 1. The van der Waals surface area contributed by atoms with Crippen LogP contribution in [0.4, 0.5) is 0 Å². The highest BCUT2D eigenvalue weighted by Gasteiger charge is 2.06. The molecular weight excluding hydrogens is 282 g/mol. The van der Waals surface area contributed by atoms with Gasteiger partial charge in [-0.2, -0.15) is 0 Å². The Morgan fingerprint density at radius 2 is 2.06 bits per heavy atom. The highest BCUT2D eigenvalue weighted by molar-refractivity contribution is 9.10. The molecular formula is C13H20BrNO2. The van der Waals surface area contributed by atoms with Crippen LogP contribution in [0.2, 0.25) is 0 Å². The lowest BCUT2D eigenvalue weighted by molar-refractivity contribution is 0.163. The maximum absolute atomic E-state index is 9.64. The number of hydrogen-bond acceptors (Lipinski definition) is 3. The Labute approximate surface area is 111 Å². The fourth-order valence-electron chi connectivity index (χ4n) is 1.81. The van der Waals surface area contributed by atoms with Crippen molar-refractivity contribution >= 4 is 15.9 Å². The van der Waals surface area contributed by atoms with Gasteiger partial charge in [-0.05, 0) is 44.0 Å². The number of nitrogens with one attached hydrogen (secondary N) is 1. The number of rotatable bonds is 6. The molecule has 0 aliphatic heterocycles. The van der Waals surface area contributed by atoms with Crippen LogP contribution in [-0.4, -0.2) is 22.9 Å². The average Bonchev–Trinajstić information content (AvgIpc) is 2.22. The van der Waals surface area contributed by atoms with Gasteiger partial charge in [0.1, 0.15) is 5.75 Å². The summed E-state index contributed by atoms with van der Waals surface area (Å²) in [4.78, 5) is 0. The predicted molar refractivity (Wildman–Crippen MR) is 73.0 cm³/mol. The molecule has 0 saturated heterocycles. The van der Waals surface area contributed by atoms with Gasteiger partial charge in [0, 0.05) is 16.6 Å². The van der Waals surface area contributed by atoms with Crippen LogP contribution in [0.5, 0.6) is 5.75 Å². The smallest absolute Gasteiger partial charge is 0.120 e. The highest BCUT2D eigenvalue weighted by atomic mass is 79.9. The van der Waals surface area contributed by atoms with Gasteiger partial charge in [0.15, 0.2) is 0 Å². The summed E-state index contributed by atoms with van der Waals surface area (Å²) in [6.45, 7) is 5.36. The summed E-state index contributed by atoms with van der Waals surface area (Å²) < 4.78 is 0.962. The lowest BCUT2D eigenvalue weighted by Crippen LogP contribution is -2.23. The quantitative estimate of drug-likeness (QED) is 0.757. The highest BCUT2D eigenvalue weighted by Crippen LogP contribution is 2.21. The van der Waals surface area contributed by atoms with Crippen molar-refractivity contribution in [1.29, 1.82) is 0 Å². The van der Waals surface area contributed by atoms with Crippen LogP contribution in [0.25, 0.3) is 0 Å². The molecule has 0 aromatic heterocycles. The first-order valence-corrected chi connectivity index (χ1v) is 6.64. The van der Waals surface area contributed by atoms with E-state index < -0.39 is 0 Å². The molecule has 0 bridgehead atoms. The van der Waals surface area contributed by atoms with Crippen LogP contribution in [0.1, 0.15) is 25.8 Å². The largest absolute Gasteiger partial charge is 0.508 e. The van der Waals surface area contributed by atoms with Gasteiger partial charge in [0.2, 0.25) is 0 Å². The lowest BCUT2D eigenvalue weighted by Gasteiger charge is -2.14. The van der Waals surface area contributed by atoms with E-state index in [1.165, 1.54) is 0 Å².